The third-order valence-corrected chi connectivity index (χ3v) is 3.66. The molecule has 0 saturated heterocycles. The van der Waals surface area contributed by atoms with Gasteiger partial charge in [-0.05, 0) is 18.8 Å². The van der Waals surface area contributed by atoms with Crippen LogP contribution in [0.2, 0.25) is 0 Å². The van der Waals surface area contributed by atoms with Crippen LogP contribution in [0.3, 0.4) is 0 Å². The standard InChI is InChI=1S/C14H18O5/c1-4-8-14(12(16)18-2,13(17)19-3)10-6-5-7-11(15)9-10/h1,10H,5-9H2,2-3H3. The highest BCUT2D eigenvalue weighted by Gasteiger charge is 2.54. The third-order valence-electron chi connectivity index (χ3n) is 3.66. The van der Waals surface area contributed by atoms with Gasteiger partial charge in [-0.3, -0.25) is 14.4 Å². The minimum Gasteiger partial charge on any atom is -0.468 e. The number of ether oxygens (including phenoxy) is 2. The van der Waals surface area contributed by atoms with Crippen LogP contribution in [0.25, 0.3) is 0 Å². The van der Waals surface area contributed by atoms with Crippen LogP contribution in [-0.4, -0.2) is 31.9 Å². The zero-order valence-electron chi connectivity index (χ0n) is 11.2. The highest BCUT2D eigenvalue weighted by molar-refractivity contribution is 6.01. The maximum Gasteiger partial charge on any atom is 0.324 e. The van der Waals surface area contributed by atoms with Crippen molar-refractivity contribution in [3.05, 3.63) is 0 Å². The molecule has 1 atom stereocenters. The van der Waals surface area contributed by atoms with E-state index in [0.29, 0.717) is 19.3 Å². The average molecular weight is 266 g/mol. The van der Waals surface area contributed by atoms with Crippen molar-refractivity contribution in [3.63, 3.8) is 0 Å². The van der Waals surface area contributed by atoms with Gasteiger partial charge in [0.25, 0.3) is 0 Å². The molecule has 0 aromatic rings. The van der Waals surface area contributed by atoms with Crippen LogP contribution in [0, 0.1) is 23.7 Å². The summed E-state index contributed by atoms with van der Waals surface area (Å²) in [6.07, 6.45) is 7.03. The van der Waals surface area contributed by atoms with E-state index in [0.717, 1.165) is 0 Å². The van der Waals surface area contributed by atoms with E-state index in [9.17, 15) is 14.4 Å². The number of hydrogen-bond acceptors (Lipinski definition) is 5. The summed E-state index contributed by atoms with van der Waals surface area (Å²) in [4.78, 5) is 35.8. The van der Waals surface area contributed by atoms with Gasteiger partial charge >= 0.3 is 11.9 Å². The van der Waals surface area contributed by atoms with Crippen molar-refractivity contribution in [2.45, 2.75) is 32.1 Å². The lowest BCUT2D eigenvalue weighted by Crippen LogP contribution is -2.48. The molecule has 5 heteroatoms. The predicted molar refractivity (Wildman–Crippen MR) is 66.9 cm³/mol. The molecular formula is C14H18O5. The van der Waals surface area contributed by atoms with Gasteiger partial charge in [-0.15, -0.1) is 12.3 Å². The predicted octanol–water partition coefficient (Wildman–Crippen LogP) is 1.10. The van der Waals surface area contributed by atoms with Gasteiger partial charge in [-0.1, -0.05) is 0 Å². The molecule has 0 aliphatic heterocycles. The van der Waals surface area contributed by atoms with Gasteiger partial charge in [0, 0.05) is 19.3 Å². The Morgan fingerprint density at radius 1 is 1.37 bits per heavy atom. The minimum atomic E-state index is -1.56. The van der Waals surface area contributed by atoms with Crippen molar-refractivity contribution in [2.75, 3.05) is 14.2 Å². The second-order valence-electron chi connectivity index (χ2n) is 4.67. The van der Waals surface area contributed by atoms with E-state index >= 15 is 0 Å². The molecule has 0 aromatic heterocycles. The monoisotopic (exact) mass is 266 g/mol. The molecule has 0 aromatic carbocycles. The first-order valence-electron chi connectivity index (χ1n) is 6.15. The van der Waals surface area contributed by atoms with Crippen LogP contribution in [-0.2, 0) is 23.9 Å². The van der Waals surface area contributed by atoms with Crippen LogP contribution in [0.4, 0.5) is 0 Å². The molecule has 1 aliphatic rings. The summed E-state index contributed by atoms with van der Waals surface area (Å²) in [5.74, 6) is 0.467. The van der Waals surface area contributed by atoms with Crippen molar-refractivity contribution >= 4 is 17.7 Å². The van der Waals surface area contributed by atoms with Crippen LogP contribution in [0.1, 0.15) is 32.1 Å². The lowest BCUT2D eigenvalue weighted by molar-refractivity contribution is -0.174. The fourth-order valence-corrected chi connectivity index (χ4v) is 2.68. The van der Waals surface area contributed by atoms with Gasteiger partial charge in [0.1, 0.15) is 5.78 Å². The molecule has 104 valence electrons. The highest BCUT2D eigenvalue weighted by Crippen LogP contribution is 2.42. The van der Waals surface area contributed by atoms with Gasteiger partial charge in [0.05, 0.1) is 14.2 Å². The summed E-state index contributed by atoms with van der Waals surface area (Å²) < 4.78 is 9.47. The fourth-order valence-electron chi connectivity index (χ4n) is 2.68. The van der Waals surface area contributed by atoms with Gasteiger partial charge in [0.2, 0.25) is 0 Å². The summed E-state index contributed by atoms with van der Waals surface area (Å²) in [6.45, 7) is 0. The molecule has 1 fully saturated rings. The quantitative estimate of drug-likeness (QED) is 0.433. The molecule has 19 heavy (non-hydrogen) atoms. The summed E-state index contributed by atoms with van der Waals surface area (Å²) in [5.41, 5.74) is -1.56. The normalized spacial score (nSPS) is 19.4. The molecule has 1 aliphatic carbocycles. The maximum atomic E-state index is 12.1. The molecule has 0 radical (unpaired) electrons. The van der Waals surface area contributed by atoms with Gasteiger partial charge < -0.3 is 9.47 Å². The summed E-state index contributed by atoms with van der Waals surface area (Å²) in [6, 6.07) is 0. The number of hydrogen-bond donors (Lipinski definition) is 0. The van der Waals surface area contributed by atoms with Crippen molar-refractivity contribution in [3.8, 4) is 12.3 Å². The van der Waals surface area contributed by atoms with Crippen LogP contribution >= 0.6 is 0 Å². The first-order chi connectivity index (χ1) is 9.02. The zero-order valence-corrected chi connectivity index (χ0v) is 11.2. The van der Waals surface area contributed by atoms with Crippen molar-refractivity contribution < 1.29 is 23.9 Å². The number of carbonyl (C=O) groups is 3. The Kier molecular flexibility index (Phi) is 5.11. The van der Waals surface area contributed by atoms with E-state index in [-0.39, 0.29) is 18.6 Å². The van der Waals surface area contributed by atoms with E-state index in [1.165, 1.54) is 14.2 Å². The number of Topliss-reactive ketones (excluding diaryl/α,β-unsaturated/α-hetero) is 1. The fraction of sp³-hybridized carbons (Fsp3) is 0.643. The Bertz CT molecular complexity index is 402. The Labute approximate surface area is 112 Å². The van der Waals surface area contributed by atoms with Crippen LogP contribution in [0.5, 0.6) is 0 Å². The van der Waals surface area contributed by atoms with E-state index < -0.39 is 23.3 Å². The van der Waals surface area contributed by atoms with Gasteiger partial charge in [-0.2, -0.15) is 0 Å². The van der Waals surface area contributed by atoms with Crippen molar-refractivity contribution in [1.82, 2.24) is 0 Å². The van der Waals surface area contributed by atoms with E-state index in [4.69, 9.17) is 15.9 Å². The second-order valence-corrected chi connectivity index (χ2v) is 4.67. The molecule has 0 heterocycles. The van der Waals surface area contributed by atoms with Crippen LogP contribution < -0.4 is 0 Å². The van der Waals surface area contributed by atoms with Crippen molar-refractivity contribution in [2.24, 2.45) is 11.3 Å². The zero-order chi connectivity index (χ0) is 14.5. The molecule has 0 bridgehead atoms. The van der Waals surface area contributed by atoms with Gasteiger partial charge in [0.15, 0.2) is 5.41 Å². The largest absolute Gasteiger partial charge is 0.468 e. The second kappa shape index (κ2) is 6.37. The molecule has 0 amide bonds. The summed E-state index contributed by atoms with van der Waals surface area (Å²) >= 11 is 0. The number of methoxy groups -OCH3 is 2. The third kappa shape index (κ3) is 2.78. The van der Waals surface area contributed by atoms with E-state index in [2.05, 4.69) is 5.92 Å². The summed E-state index contributed by atoms with van der Waals surface area (Å²) in [5, 5.41) is 0. The van der Waals surface area contributed by atoms with E-state index in [1.807, 2.05) is 0 Å². The molecular weight excluding hydrogens is 248 g/mol. The molecule has 0 N–H and O–H groups in total. The number of ketones is 1. The average Bonchev–Trinajstić information content (AvgIpc) is 2.43. The number of terminal acetylenes is 1. The van der Waals surface area contributed by atoms with Crippen molar-refractivity contribution in [1.29, 1.82) is 0 Å². The Balaban J connectivity index is 3.21. The Hall–Kier alpha value is -1.83. The first-order valence-corrected chi connectivity index (χ1v) is 6.15. The lowest BCUT2D eigenvalue weighted by atomic mass is 9.66. The topological polar surface area (TPSA) is 69.7 Å². The maximum absolute atomic E-state index is 12.1. The van der Waals surface area contributed by atoms with E-state index in [1.54, 1.807) is 0 Å². The Morgan fingerprint density at radius 3 is 2.37 bits per heavy atom. The minimum absolute atomic E-state index is 0.0328. The SMILES string of the molecule is C#CCC(C(=O)OC)(C(=O)OC)C1CCCC(=O)C1. The Morgan fingerprint density at radius 2 is 1.95 bits per heavy atom. The number of esters is 2. The smallest absolute Gasteiger partial charge is 0.324 e. The molecule has 1 unspecified atom stereocenters. The molecule has 0 spiro atoms. The molecule has 5 nitrogen and oxygen atoms in total. The van der Waals surface area contributed by atoms with Gasteiger partial charge in [-0.25, -0.2) is 0 Å². The molecule has 1 rings (SSSR count). The summed E-state index contributed by atoms with van der Waals surface area (Å²) in [7, 11) is 2.39. The van der Waals surface area contributed by atoms with Crippen LogP contribution in [0.15, 0.2) is 0 Å². The molecule has 1 saturated carbocycles. The number of carbonyl (C=O) groups excluding carboxylic acids is 3. The first kappa shape index (κ1) is 15.2. The lowest BCUT2D eigenvalue weighted by Gasteiger charge is -2.36. The highest BCUT2D eigenvalue weighted by atomic mass is 16.5. The number of rotatable bonds is 4.